The Kier molecular flexibility index (Phi) is 3.54. The molecule has 2 heterocycles. The minimum Gasteiger partial charge on any atom is -0.271 e. The van der Waals surface area contributed by atoms with Crippen LogP contribution in [-0.4, -0.2) is 28.9 Å². The molecular weight excluding hydrogens is 328 g/mol. The fourth-order valence-corrected chi connectivity index (χ4v) is 3.09. The molecule has 2 aromatic carbocycles. The fourth-order valence-electron chi connectivity index (χ4n) is 2.97. The summed E-state index contributed by atoms with van der Waals surface area (Å²) in [6.07, 6.45) is 0. The third-order valence-corrected chi connectivity index (χ3v) is 4.38. The number of hydrogen-bond acceptors (Lipinski definition) is 5. The van der Waals surface area contributed by atoms with Crippen molar-refractivity contribution < 1.29 is 9.59 Å². The molecule has 24 heavy (non-hydrogen) atoms. The van der Waals surface area contributed by atoms with Crippen LogP contribution in [0.1, 0.15) is 5.56 Å². The number of fused-ring (bicyclic) bond motifs is 1. The van der Waals surface area contributed by atoms with E-state index in [4.69, 9.17) is 11.6 Å². The minimum absolute atomic E-state index is 0.312. The van der Waals surface area contributed by atoms with Crippen molar-refractivity contribution in [2.24, 2.45) is 10.3 Å². The molecule has 2 aliphatic heterocycles. The van der Waals surface area contributed by atoms with Crippen molar-refractivity contribution in [2.45, 2.75) is 18.6 Å². The molecule has 2 amide bonds. The molecule has 6 nitrogen and oxygen atoms in total. The molecule has 1 saturated heterocycles. The minimum atomic E-state index is -0.781. The van der Waals surface area contributed by atoms with Gasteiger partial charge < -0.3 is 0 Å². The van der Waals surface area contributed by atoms with Gasteiger partial charge in [0.1, 0.15) is 0 Å². The molecule has 2 atom stereocenters. The van der Waals surface area contributed by atoms with Crippen molar-refractivity contribution in [3.63, 3.8) is 0 Å². The Labute approximate surface area is 143 Å². The van der Waals surface area contributed by atoms with E-state index in [1.165, 1.54) is 4.90 Å². The molecule has 0 aromatic heterocycles. The lowest BCUT2D eigenvalue weighted by Gasteiger charge is -2.20. The summed E-state index contributed by atoms with van der Waals surface area (Å²) in [5, 5.41) is 10.2. The lowest BCUT2D eigenvalue weighted by molar-refractivity contribution is -0.123. The van der Waals surface area contributed by atoms with Crippen molar-refractivity contribution >= 4 is 29.1 Å². The van der Waals surface area contributed by atoms with Crippen LogP contribution in [0.2, 0.25) is 5.02 Å². The highest BCUT2D eigenvalue weighted by atomic mass is 35.5. The second kappa shape index (κ2) is 5.72. The van der Waals surface area contributed by atoms with Gasteiger partial charge in [0.2, 0.25) is 0 Å². The van der Waals surface area contributed by atoms with Gasteiger partial charge in [-0.05, 0) is 29.8 Å². The Hall–Kier alpha value is -2.73. The maximum Gasteiger partial charge on any atom is 0.263 e. The van der Waals surface area contributed by atoms with E-state index in [1.807, 2.05) is 30.3 Å². The van der Waals surface area contributed by atoms with Gasteiger partial charge in [-0.25, -0.2) is 4.90 Å². The predicted octanol–water partition coefficient (Wildman–Crippen LogP) is 2.83. The molecular formula is C17H13ClN4O2. The normalized spacial score (nSPS) is 22.4. The molecule has 0 spiro atoms. The van der Waals surface area contributed by atoms with Crippen LogP contribution in [-0.2, 0) is 16.1 Å². The van der Waals surface area contributed by atoms with Crippen LogP contribution >= 0.6 is 11.6 Å². The summed E-state index contributed by atoms with van der Waals surface area (Å²) >= 11 is 5.87. The Morgan fingerprint density at radius 2 is 1.67 bits per heavy atom. The Balaban J connectivity index is 1.61. The van der Waals surface area contributed by atoms with E-state index in [9.17, 15) is 9.59 Å². The second-order valence-electron chi connectivity index (χ2n) is 5.67. The average Bonchev–Trinajstić information content (AvgIpc) is 3.11. The fraction of sp³-hybridized carbons (Fsp3) is 0.176. The van der Waals surface area contributed by atoms with Gasteiger partial charge in [0.25, 0.3) is 11.8 Å². The standard InChI is InChI=1S/C17H13ClN4O2/c18-12-6-8-13(9-7-12)22-16(23)14-15(17(22)24)21(20-19-14)10-11-4-2-1-3-5-11/h1-9,14-15H,10H2. The van der Waals surface area contributed by atoms with Gasteiger partial charge in [-0.1, -0.05) is 47.2 Å². The molecule has 7 heteroatoms. The van der Waals surface area contributed by atoms with Crippen molar-refractivity contribution in [3.05, 3.63) is 65.2 Å². The van der Waals surface area contributed by atoms with Gasteiger partial charge in [-0.15, -0.1) is 0 Å². The van der Waals surface area contributed by atoms with E-state index < -0.39 is 12.1 Å². The number of carbonyl (C=O) groups is 2. The Bertz CT molecular complexity index is 822. The summed E-state index contributed by atoms with van der Waals surface area (Å²) in [5.41, 5.74) is 1.50. The highest BCUT2D eigenvalue weighted by Gasteiger charge is 2.54. The van der Waals surface area contributed by atoms with E-state index in [2.05, 4.69) is 10.3 Å². The maximum absolute atomic E-state index is 12.8. The zero-order valence-corrected chi connectivity index (χ0v) is 13.3. The summed E-state index contributed by atoms with van der Waals surface area (Å²) in [5.74, 6) is -0.667. The molecule has 4 rings (SSSR count). The molecule has 2 aromatic rings. The molecule has 0 saturated carbocycles. The predicted molar refractivity (Wildman–Crippen MR) is 88.4 cm³/mol. The van der Waals surface area contributed by atoms with Gasteiger partial charge in [-0.2, -0.15) is 5.11 Å². The smallest absolute Gasteiger partial charge is 0.263 e. The van der Waals surface area contributed by atoms with Gasteiger partial charge in [-0.3, -0.25) is 14.6 Å². The van der Waals surface area contributed by atoms with Crippen molar-refractivity contribution in [1.82, 2.24) is 5.01 Å². The summed E-state index contributed by atoms with van der Waals surface area (Å²) in [6, 6.07) is 14.8. The molecule has 2 unspecified atom stereocenters. The van der Waals surface area contributed by atoms with Crippen LogP contribution in [0.3, 0.4) is 0 Å². The van der Waals surface area contributed by atoms with Gasteiger partial charge in [0.05, 0.1) is 12.2 Å². The highest BCUT2D eigenvalue weighted by Crippen LogP contribution is 2.33. The molecule has 0 bridgehead atoms. The van der Waals surface area contributed by atoms with Crippen LogP contribution in [0.5, 0.6) is 0 Å². The molecule has 2 aliphatic rings. The van der Waals surface area contributed by atoms with E-state index in [1.54, 1.807) is 29.3 Å². The van der Waals surface area contributed by atoms with Crippen molar-refractivity contribution in [1.29, 1.82) is 0 Å². The quantitative estimate of drug-likeness (QED) is 0.807. The van der Waals surface area contributed by atoms with E-state index in [0.717, 1.165) is 5.56 Å². The summed E-state index contributed by atoms with van der Waals surface area (Å²) < 4.78 is 0. The molecule has 0 radical (unpaired) electrons. The monoisotopic (exact) mass is 340 g/mol. The van der Waals surface area contributed by atoms with Crippen LogP contribution in [0, 0.1) is 0 Å². The maximum atomic E-state index is 12.8. The van der Waals surface area contributed by atoms with Crippen LogP contribution in [0.4, 0.5) is 5.69 Å². The zero-order chi connectivity index (χ0) is 16.7. The average molecular weight is 341 g/mol. The second-order valence-corrected chi connectivity index (χ2v) is 6.10. The number of imide groups is 1. The lowest BCUT2D eigenvalue weighted by atomic mass is 10.1. The number of anilines is 1. The van der Waals surface area contributed by atoms with Crippen molar-refractivity contribution in [2.75, 3.05) is 4.90 Å². The third-order valence-electron chi connectivity index (χ3n) is 4.13. The first kappa shape index (κ1) is 14.8. The first-order valence-electron chi connectivity index (χ1n) is 7.50. The topological polar surface area (TPSA) is 65.3 Å². The van der Waals surface area contributed by atoms with E-state index in [-0.39, 0.29) is 11.8 Å². The number of rotatable bonds is 3. The lowest BCUT2D eigenvalue weighted by Crippen LogP contribution is -2.39. The number of benzene rings is 2. The Morgan fingerprint density at radius 3 is 2.38 bits per heavy atom. The number of nitrogens with zero attached hydrogens (tertiary/aromatic N) is 4. The van der Waals surface area contributed by atoms with Crippen LogP contribution in [0.25, 0.3) is 0 Å². The molecule has 0 aliphatic carbocycles. The van der Waals surface area contributed by atoms with E-state index >= 15 is 0 Å². The van der Waals surface area contributed by atoms with Gasteiger partial charge in [0.15, 0.2) is 12.1 Å². The van der Waals surface area contributed by atoms with Crippen molar-refractivity contribution in [3.8, 4) is 0 Å². The Morgan fingerprint density at radius 1 is 0.958 bits per heavy atom. The van der Waals surface area contributed by atoms with Gasteiger partial charge in [0, 0.05) is 5.02 Å². The number of halogens is 1. The summed E-state index contributed by atoms with van der Waals surface area (Å²) in [4.78, 5) is 26.5. The number of hydrogen-bond donors (Lipinski definition) is 0. The largest absolute Gasteiger partial charge is 0.271 e. The van der Waals surface area contributed by atoms with Gasteiger partial charge >= 0.3 is 0 Å². The SMILES string of the molecule is O=C1C2N=NN(Cc3ccccc3)C2C(=O)N1c1ccc(Cl)cc1. The molecule has 0 N–H and O–H groups in total. The van der Waals surface area contributed by atoms with E-state index in [0.29, 0.717) is 17.3 Å². The molecule has 1 fully saturated rings. The first-order valence-corrected chi connectivity index (χ1v) is 7.87. The number of amides is 2. The number of carbonyl (C=O) groups excluding carboxylic acids is 2. The molecule has 120 valence electrons. The first-order chi connectivity index (χ1) is 11.6. The summed E-state index contributed by atoms with van der Waals surface area (Å²) in [6.45, 7) is 0.430. The zero-order valence-electron chi connectivity index (χ0n) is 12.5. The summed E-state index contributed by atoms with van der Waals surface area (Å²) in [7, 11) is 0. The third kappa shape index (κ3) is 2.35. The van der Waals surface area contributed by atoms with Crippen LogP contribution < -0.4 is 4.90 Å². The van der Waals surface area contributed by atoms with Crippen LogP contribution in [0.15, 0.2) is 64.9 Å². The highest BCUT2D eigenvalue weighted by molar-refractivity contribution is 6.31.